The molecule has 332 valence electrons. The maximum absolute atomic E-state index is 12.8. The molecule has 0 saturated heterocycles. The van der Waals surface area contributed by atoms with E-state index in [4.69, 9.17) is 10.8 Å². The van der Waals surface area contributed by atoms with E-state index in [1.54, 1.807) is 18.6 Å². The number of rotatable bonds is 19. The number of hydrogen-bond acceptors (Lipinski definition) is 9. The Hall–Kier alpha value is -4.84. The van der Waals surface area contributed by atoms with Crippen LogP contribution < -0.4 is 11.1 Å². The highest BCUT2D eigenvalue weighted by atomic mass is 16.4. The van der Waals surface area contributed by atoms with Gasteiger partial charge in [0.1, 0.15) is 11.5 Å². The third-order valence-electron chi connectivity index (χ3n) is 12.3. The minimum atomic E-state index is -0.718. The number of aliphatic carboxylic acids is 1. The Morgan fingerprint density at radius 1 is 0.705 bits per heavy atom. The number of carboxylic acids is 1. The smallest absolute Gasteiger partial charge is 0.303 e. The van der Waals surface area contributed by atoms with Crippen molar-refractivity contribution >= 4 is 11.9 Å². The molecule has 2 heterocycles. The maximum Gasteiger partial charge on any atom is 0.303 e. The molecule has 2 aromatic carbocycles. The third-order valence-corrected chi connectivity index (χ3v) is 12.3. The molecule has 2 aliphatic carbocycles. The molecular formula is C50H72N6O5. The van der Waals surface area contributed by atoms with Crippen molar-refractivity contribution < 1.29 is 24.9 Å². The van der Waals surface area contributed by atoms with Gasteiger partial charge in [0.15, 0.2) is 0 Å². The van der Waals surface area contributed by atoms with E-state index in [-0.39, 0.29) is 30.2 Å². The van der Waals surface area contributed by atoms with E-state index >= 15 is 0 Å². The zero-order valence-corrected chi connectivity index (χ0v) is 37.9. The molecule has 2 aliphatic rings. The molecule has 6 rings (SSSR count). The number of carbonyl (C=O) groups is 2. The Labute approximate surface area is 364 Å². The molecule has 1 amide bonds. The van der Waals surface area contributed by atoms with Crippen LogP contribution in [0.1, 0.15) is 108 Å². The van der Waals surface area contributed by atoms with Crippen LogP contribution in [0.4, 0.5) is 0 Å². The van der Waals surface area contributed by atoms with Gasteiger partial charge in [-0.1, -0.05) is 37.8 Å². The Morgan fingerprint density at radius 2 is 1.11 bits per heavy atom. The van der Waals surface area contributed by atoms with Crippen molar-refractivity contribution in [1.29, 1.82) is 0 Å². The number of likely N-dealkylation sites (N-methyl/N-ethyl adjacent to an activating group) is 2. The van der Waals surface area contributed by atoms with Gasteiger partial charge >= 0.3 is 5.97 Å². The van der Waals surface area contributed by atoms with Crippen LogP contribution in [0, 0.1) is 39.5 Å². The number of nitrogens with two attached hydrogens (primary N) is 1. The second kappa shape index (κ2) is 24.0. The summed E-state index contributed by atoms with van der Waals surface area (Å²) in [7, 11) is 8.19. The number of pyridine rings is 2. The number of amides is 1. The molecule has 0 spiro atoms. The number of nitrogens with zero attached hydrogens (tertiary/aromatic N) is 4. The predicted octanol–water partition coefficient (Wildman–Crippen LogP) is 7.85. The van der Waals surface area contributed by atoms with Gasteiger partial charge in [0.2, 0.25) is 5.91 Å². The molecule has 61 heavy (non-hydrogen) atoms. The van der Waals surface area contributed by atoms with Gasteiger partial charge in [0.05, 0.1) is 6.42 Å². The van der Waals surface area contributed by atoms with Crippen LogP contribution >= 0.6 is 0 Å². The Morgan fingerprint density at radius 3 is 1.46 bits per heavy atom. The van der Waals surface area contributed by atoms with Gasteiger partial charge in [-0.3, -0.25) is 19.6 Å². The highest BCUT2D eigenvalue weighted by molar-refractivity contribution is 5.77. The second-order valence-electron chi connectivity index (χ2n) is 17.9. The summed E-state index contributed by atoms with van der Waals surface area (Å²) in [6, 6.07) is 15.7. The highest BCUT2D eigenvalue weighted by Gasteiger charge is 2.29. The number of hydrogen-bond donors (Lipinski definition) is 5. The number of carbonyl (C=O) groups excluding carboxylic acids is 1. The van der Waals surface area contributed by atoms with E-state index in [2.05, 4.69) is 31.2 Å². The van der Waals surface area contributed by atoms with Crippen molar-refractivity contribution in [1.82, 2.24) is 25.1 Å². The van der Waals surface area contributed by atoms with Crippen LogP contribution in [0.5, 0.6) is 11.5 Å². The Kier molecular flexibility index (Phi) is 19.2. The summed E-state index contributed by atoms with van der Waals surface area (Å²) in [4.78, 5) is 36.2. The summed E-state index contributed by atoms with van der Waals surface area (Å²) in [5, 5.41) is 31.3. The van der Waals surface area contributed by atoms with Crippen molar-refractivity contribution in [2.45, 2.75) is 116 Å². The number of phenolic OH excluding ortho intramolecular Hbond substituents is 2. The van der Waals surface area contributed by atoms with E-state index < -0.39 is 5.97 Å². The van der Waals surface area contributed by atoms with Crippen LogP contribution in [0.25, 0.3) is 0 Å². The zero-order valence-electron chi connectivity index (χ0n) is 37.9. The van der Waals surface area contributed by atoms with E-state index in [1.807, 2.05) is 105 Å². The molecule has 2 aromatic heterocycles. The molecule has 0 aliphatic heterocycles. The van der Waals surface area contributed by atoms with Gasteiger partial charge < -0.3 is 36.2 Å². The van der Waals surface area contributed by atoms with Crippen molar-refractivity contribution in [3.63, 3.8) is 0 Å². The summed E-state index contributed by atoms with van der Waals surface area (Å²) in [6.45, 7) is 9.38. The lowest BCUT2D eigenvalue weighted by Crippen LogP contribution is -2.42. The molecule has 2 fully saturated rings. The normalized spacial score (nSPS) is 15.5. The first kappa shape index (κ1) is 48.8. The number of phenols is 2. The lowest BCUT2D eigenvalue weighted by molar-refractivity contribution is -0.137. The summed E-state index contributed by atoms with van der Waals surface area (Å²) >= 11 is 0. The van der Waals surface area contributed by atoms with Gasteiger partial charge in [-0.25, -0.2) is 0 Å². The van der Waals surface area contributed by atoms with Crippen LogP contribution in [0.15, 0.2) is 73.3 Å². The SMILES string of the molecule is Cc1cc(O)cc(C)c1C[C@@H](CN)N(C)C.Cc1cc(O)cc(C)c1C[C@@H](CNC(=O)C[C@H](CC1CC1)c1cccnc1)N(C)C.O=C(O)C[C@H](CC1CC1)c1cccnc1. The van der Waals surface area contributed by atoms with Crippen molar-refractivity contribution in [3.05, 3.63) is 118 Å². The molecule has 4 aromatic rings. The number of aromatic hydroxyl groups is 2. The topological polar surface area (TPSA) is 165 Å². The molecule has 0 radical (unpaired) electrons. The van der Waals surface area contributed by atoms with E-state index in [0.29, 0.717) is 37.1 Å². The highest BCUT2D eigenvalue weighted by Crippen LogP contribution is 2.40. The van der Waals surface area contributed by atoms with Crippen molar-refractivity contribution in [3.8, 4) is 11.5 Å². The fourth-order valence-electron chi connectivity index (χ4n) is 8.13. The summed E-state index contributed by atoms with van der Waals surface area (Å²) in [5.41, 5.74) is 15.0. The standard InChI is InChI=1S/C25H35N3O2.C13H22N2O.C12H15NO2/c1-17-10-23(29)11-18(2)24(17)14-22(28(3)4)16-27-25(30)13-21(12-19-7-8-19)20-6-5-9-26-15-20;1-9-5-12(16)6-10(2)13(9)7-11(8-14)15(3)4;14-12(15)7-11(6-9-3-4-9)10-2-1-5-13-8-10/h5-6,9-11,15,19,21-22,29H,7-8,12-14,16H2,1-4H3,(H,27,30);5-6,11,16H,7-8,14H2,1-4H3;1-2,5,8-9,11H,3-4,6-7H2,(H,14,15)/t21-,22-;2*11-/m000/s1. The third kappa shape index (κ3) is 16.9. The van der Waals surface area contributed by atoms with E-state index in [0.717, 1.165) is 65.3 Å². The van der Waals surface area contributed by atoms with Crippen LogP contribution in [0.2, 0.25) is 0 Å². The van der Waals surface area contributed by atoms with E-state index in [9.17, 15) is 19.8 Å². The summed E-state index contributed by atoms with van der Waals surface area (Å²) in [5.74, 6) is 1.93. The molecule has 6 N–H and O–H groups in total. The minimum Gasteiger partial charge on any atom is -0.508 e. The number of aryl methyl sites for hydroxylation is 4. The first-order valence-corrected chi connectivity index (χ1v) is 21.9. The predicted molar refractivity (Wildman–Crippen MR) is 245 cm³/mol. The fraction of sp³-hybridized carbons (Fsp3) is 0.520. The van der Waals surface area contributed by atoms with Crippen LogP contribution in [0.3, 0.4) is 0 Å². The number of aromatic nitrogens is 2. The van der Waals surface area contributed by atoms with Gasteiger partial charge in [0, 0.05) is 56.4 Å². The van der Waals surface area contributed by atoms with E-state index in [1.165, 1.54) is 42.4 Å². The number of benzene rings is 2. The minimum absolute atomic E-state index is 0.107. The van der Waals surface area contributed by atoms with Crippen LogP contribution in [-0.4, -0.2) is 100 Å². The summed E-state index contributed by atoms with van der Waals surface area (Å²) < 4.78 is 0. The maximum atomic E-state index is 12.8. The molecule has 11 heteroatoms. The van der Waals surface area contributed by atoms with Gasteiger partial charge in [-0.2, -0.15) is 0 Å². The average molecular weight is 837 g/mol. The number of nitrogens with one attached hydrogen (secondary N) is 1. The second-order valence-corrected chi connectivity index (χ2v) is 17.9. The van der Waals surface area contributed by atoms with Gasteiger partial charge in [0.25, 0.3) is 0 Å². The lowest BCUT2D eigenvalue weighted by Gasteiger charge is -2.27. The molecular weight excluding hydrogens is 765 g/mol. The van der Waals surface area contributed by atoms with Gasteiger partial charge in [-0.05, 0) is 186 Å². The Balaban J connectivity index is 0.000000222. The average Bonchev–Trinajstić information content (AvgIpc) is 4.15. The van der Waals surface area contributed by atoms with Crippen LogP contribution in [-0.2, 0) is 22.4 Å². The lowest BCUT2D eigenvalue weighted by atomic mass is 9.91. The molecule has 2 saturated carbocycles. The molecule has 4 atom stereocenters. The molecule has 11 nitrogen and oxygen atoms in total. The fourth-order valence-corrected chi connectivity index (χ4v) is 8.13. The zero-order chi connectivity index (χ0) is 44.6. The van der Waals surface area contributed by atoms with Crippen molar-refractivity contribution in [2.24, 2.45) is 17.6 Å². The molecule has 0 unspecified atom stereocenters. The largest absolute Gasteiger partial charge is 0.508 e. The quantitative estimate of drug-likeness (QED) is 0.0629. The first-order valence-electron chi connectivity index (χ1n) is 21.9. The van der Waals surface area contributed by atoms with Gasteiger partial charge in [-0.15, -0.1) is 0 Å². The monoisotopic (exact) mass is 837 g/mol. The Bertz CT molecular complexity index is 1920. The first-order chi connectivity index (χ1) is 29.0. The summed E-state index contributed by atoms with van der Waals surface area (Å²) in [6.07, 6.45) is 16.9. The van der Waals surface area contributed by atoms with Crippen molar-refractivity contribution in [2.75, 3.05) is 41.3 Å². The molecule has 0 bridgehead atoms. The number of carboxylic acid groups (broad SMARTS) is 1.